The first-order valence-electron chi connectivity index (χ1n) is 7.41. The number of aromatic nitrogens is 2. The maximum absolute atomic E-state index is 9.39. The predicted molar refractivity (Wildman–Crippen MR) is 81.2 cm³/mol. The van der Waals surface area contributed by atoms with Gasteiger partial charge in [0, 0.05) is 31.5 Å². The summed E-state index contributed by atoms with van der Waals surface area (Å²) in [5.41, 5.74) is 2.98. The number of hydrogen-bond acceptors (Lipinski definition) is 4. The van der Waals surface area contributed by atoms with Crippen LogP contribution in [0.2, 0.25) is 0 Å². The van der Waals surface area contributed by atoms with Gasteiger partial charge in [0.15, 0.2) is 0 Å². The Bertz CT molecular complexity index is 635. The second-order valence-electron chi connectivity index (χ2n) is 6.48. The van der Waals surface area contributed by atoms with Gasteiger partial charge in [-0.3, -0.25) is 4.90 Å². The van der Waals surface area contributed by atoms with Crippen LogP contribution in [0.15, 0.2) is 24.4 Å². The van der Waals surface area contributed by atoms with Crippen molar-refractivity contribution in [2.24, 2.45) is 0 Å². The zero-order valence-corrected chi connectivity index (χ0v) is 12.9. The summed E-state index contributed by atoms with van der Waals surface area (Å²) in [4.78, 5) is 6.99. The van der Waals surface area contributed by atoms with Crippen LogP contribution in [0.1, 0.15) is 25.2 Å². The molecule has 5 nitrogen and oxygen atoms in total. The van der Waals surface area contributed by atoms with Crippen molar-refractivity contribution in [2.45, 2.75) is 39.0 Å². The van der Waals surface area contributed by atoms with E-state index < -0.39 is 0 Å². The van der Waals surface area contributed by atoms with Crippen LogP contribution >= 0.6 is 0 Å². The van der Waals surface area contributed by atoms with Gasteiger partial charge in [0.2, 0.25) is 0 Å². The first-order valence-corrected chi connectivity index (χ1v) is 7.41. The van der Waals surface area contributed by atoms with E-state index in [0.717, 1.165) is 31.0 Å². The molecule has 114 valence electrons. The van der Waals surface area contributed by atoms with E-state index in [0.29, 0.717) is 0 Å². The average Bonchev–Trinajstić information content (AvgIpc) is 2.80. The summed E-state index contributed by atoms with van der Waals surface area (Å²) < 4.78 is 7.97. The first kappa shape index (κ1) is 14.5. The number of morpholine rings is 1. The van der Waals surface area contributed by atoms with E-state index in [1.807, 2.05) is 12.1 Å². The van der Waals surface area contributed by atoms with Crippen molar-refractivity contribution in [3.05, 3.63) is 35.8 Å². The zero-order chi connectivity index (χ0) is 15.0. The number of fused-ring (bicyclic) bond motifs is 1. The van der Waals surface area contributed by atoms with Gasteiger partial charge in [0.05, 0.1) is 24.0 Å². The molecule has 2 aromatic rings. The van der Waals surface area contributed by atoms with E-state index in [-0.39, 0.29) is 18.3 Å². The van der Waals surface area contributed by atoms with Crippen molar-refractivity contribution >= 4 is 5.65 Å². The topological polar surface area (TPSA) is 50.0 Å². The smallest absolute Gasteiger partial charge is 0.137 e. The van der Waals surface area contributed by atoms with E-state index in [9.17, 15) is 5.11 Å². The molecule has 1 fully saturated rings. The molecular formula is C16H23N3O2. The molecule has 1 unspecified atom stereocenters. The van der Waals surface area contributed by atoms with Crippen molar-refractivity contribution in [1.29, 1.82) is 0 Å². The van der Waals surface area contributed by atoms with Gasteiger partial charge < -0.3 is 14.2 Å². The molecule has 0 spiro atoms. The van der Waals surface area contributed by atoms with E-state index in [2.05, 4.69) is 47.3 Å². The largest absolute Gasteiger partial charge is 0.394 e. The highest BCUT2D eigenvalue weighted by Crippen LogP contribution is 2.22. The highest BCUT2D eigenvalue weighted by atomic mass is 16.5. The van der Waals surface area contributed by atoms with Crippen LogP contribution < -0.4 is 0 Å². The van der Waals surface area contributed by atoms with Gasteiger partial charge >= 0.3 is 0 Å². The number of hydrogen-bond donors (Lipinski definition) is 1. The molecule has 0 bridgehead atoms. The third kappa shape index (κ3) is 3.10. The van der Waals surface area contributed by atoms with Gasteiger partial charge in [-0.1, -0.05) is 6.07 Å². The molecule has 1 atom stereocenters. The van der Waals surface area contributed by atoms with Gasteiger partial charge in [0.25, 0.3) is 0 Å². The Morgan fingerprint density at radius 2 is 2.24 bits per heavy atom. The standard InChI is InChI=1S/C16H23N3O2/c1-12-5-4-6-15-17-13(8-19(12)15)7-18-9-14(10-20)21-16(2,3)11-18/h4-6,8,14,20H,7,9-11H2,1-3H3. The van der Waals surface area contributed by atoms with Crippen LogP contribution in [-0.2, 0) is 11.3 Å². The van der Waals surface area contributed by atoms with E-state index in [4.69, 9.17) is 4.74 Å². The molecule has 1 aliphatic rings. The van der Waals surface area contributed by atoms with Crippen molar-refractivity contribution in [3.63, 3.8) is 0 Å². The maximum Gasteiger partial charge on any atom is 0.137 e. The Hall–Kier alpha value is -1.43. The molecular weight excluding hydrogens is 266 g/mol. The summed E-state index contributed by atoms with van der Waals surface area (Å²) in [7, 11) is 0. The molecule has 3 heterocycles. The van der Waals surface area contributed by atoms with E-state index >= 15 is 0 Å². The molecule has 0 radical (unpaired) electrons. The Morgan fingerprint density at radius 3 is 2.95 bits per heavy atom. The maximum atomic E-state index is 9.39. The molecule has 1 aliphatic heterocycles. The Balaban J connectivity index is 1.79. The molecule has 5 heteroatoms. The molecule has 0 saturated carbocycles. The molecule has 1 saturated heterocycles. The van der Waals surface area contributed by atoms with Crippen LogP contribution in [0.5, 0.6) is 0 Å². The van der Waals surface area contributed by atoms with Crippen LogP contribution in [0.25, 0.3) is 5.65 Å². The average molecular weight is 289 g/mol. The summed E-state index contributed by atoms with van der Waals surface area (Å²) in [6, 6.07) is 6.13. The lowest BCUT2D eigenvalue weighted by atomic mass is 10.1. The third-order valence-corrected chi connectivity index (χ3v) is 3.89. The monoisotopic (exact) mass is 289 g/mol. The number of nitrogens with zero attached hydrogens (tertiary/aromatic N) is 3. The second kappa shape index (κ2) is 5.40. The number of aliphatic hydroxyl groups excluding tert-OH is 1. The minimum absolute atomic E-state index is 0.0597. The fourth-order valence-corrected chi connectivity index (χ4v) is 3.14. The second-order valence-corrected chi connectivity index (χ2v) is 6.48. The summed E-state index contributed by atoms with van der Waals surface area (Å²) >= 11 is 0. The van der Waals surface area contributed by atoms with E-state index in [1.165, 1.54) is 5.69 Å². The molecule has 0 aromatic carbocycles. The summed E-state index contributed by atoms with van der Waals surface area (Å²) in [5, 5.41) is 9.39. The van der Waals surface area contributed by atoms with Gasteiger partial charge in [-0.25, -0.2) is 4.98 Å². The Kier molecular flexibility index (Phi) is 3.73. The SMILES string of the molecule is Cc1cccc2nc(CN3CC(CO)OC(C)(C)C3)cn12. The Morgan fingerprint density at radius 1 is 1.43 bits per heavy atom. The van der Waals surface area contributed by atoms with Crippen molar-refractivity contribution < 1.29 is 9.84 Å². The summed E-state index contributed by atoms with van der Waals surface area (Å²) in [5.74, 6) is 0. The quantitative estimate of drug-likeness (QED) is 0.933. The van der Waals surface area contributed by atoms with Gasteiger partial charge in [0.1, 0.15) is 5.65 Å². The minimum atomic E-state index is -0.235. The number of aryl methyl sites for hydroxylation is 1. The number of pyridine rings is 1. The summed E-state index contributed by atoms with van der Waals surface area (Å²) in [6.45, 7) is 8.64. The molecule has 1 N–H and O–H groups in total. The highest BCUT2D eigenvalue weighted by Gasteiger charge is 2.33. The van der Waals surface area contributed by atoms with Crippen LogP contribution in [0, 0.1) is 6.92 Å². The summed E-state index contributed by atoms with van der Waals surface area (Å²) in [6.07, 6.45) is 1.98. The Labute approximate surface area is 125 Å². The van der Waals surface area contributed by atoms with Gasteiger partial charge in [-0.15, -0.1) is 0 Å². The predicted octanol–water partition coefficient (Wildman–Crippen LogP) is 1.61. The molecule has 0 amide bonds. The molecule has 21 heavy (non-hydrogen) atoms. The fraction of sp³-hybridized carbons (Fsp3) is 0.562. The fourth-order valence-electron chi connectivity index (χ4n) is 3.14. The molecule has 3 rings (SSSR count). The number of aliphatic hydroxyl groups is 1. The number of rotatable bonds is 3. The van der Waals surface area contributed by atoms with Crippen molar-refractivity contribution in [2.75, 3.05) is 19.7 Å². The van der Waals surface area contributed by atoms with Crippen molar-refractivity contribution in [1.82, 2.24) is 14.3 Å². The lowest BCUT2D eigenvalue weighted by molar-refractivity contribution is -0.150. The minimum Gasteiger partial charge on any atom is -0.394 e. The normalized spacial score (nSPS) is 22.8. The van der Waals surface area contributed by atoms with Crippen LogP contribution in [0.3, 0.4) is 0 Å². The third-order valence-electron chi connectivity index (χ3n) is 3.89. The van der Waals surface area contributed by atoms with Gasteiger partial charge in [-0.2, -0.15) is 0 Å². The lowest BCUT2D eigenvalue weighted by Gasteiger charge is -2.42. The highest BCUT2D eigenvalue weighted by molar-refractivity contribution is 5.41. The van der Waals surface area contributed by atoms with Gasteiger partial charge in [-0.05, 0) is 32.9 Å². The molecule has 0 aliphatic carbocycles. The lowest BCUT2D eigenvalue weighted by Crippen LogP contribution is -2.53. The molecule has 2 aromatic heterocycles. The van der Waals surface area contributed by atoms with Crippen LogP contribution in [-0.4, -0.2) is 50.8 Å². The van der Waals surface area contributed by atoms with E-state index in [1.54, 1.807) is 0 Å². The first-order chi connectivity index (χ1) is 9.97. The zero-order valence-electron chi connectivity index (χ0n) is 12.9. The van der Waals surface area contributed by atoms with Crippen molar-refractivity contribution in [3.8, 4) is 0 Å². The number of ether oxygens (including phenoxy) is 1. The van der Waals surface area contributed by atoms with Crippen LogP contribution in [0.4, 0.5) is 0 Å². The number of imidazole rings is 1.